The maximum absolute atomic E-state index is 12.3. The molecule has 1 aliphatic rings. The molecule has 0 aromatic heterocycles. The molecular weight excluding hydrogens is 254 g/mol. The molecule has 0 spiro atoms. The summed E-state index contributed by atoms with van der Waals surface area (Å²) >= 11 is 0. The van der Waals surface area contributed by atoms with Gasteiger partial charge in [0.2, 0.25) is 0 Å². The second kappa shape index (κ2) is 6.13. The Morgan fingerprint density at radius 3 is 2.60 bits per heavy atom. The van der Waals surface area contributed by atoms with Gasteiger partial charge in [0, 0.05) is 39.5 Å². The Labute approximate surface area is 120 Å². The predicted molar refractivity (Wildman–Crippen MR) is 80.9 cm³/mol. The molecule has 1 heterocycles. The molecule has 1 aromatic rings. The number of rotatable bonds is 3. The zero-order valence-electron chi connectivity index (χ0n) is 12.2. The third-order valence-corrected chi connectivity index (χ3v) is 3.87. The molecule has 0 atom stereocenters. The summed E-state index contributed by atoms with van der Waals surface area (Å²) < 4.78 is 0. The van der Waals surface area contributed by atoms with Crippen LogP contribution >= 0.6 is 0 Å². The highest BCUT2D eigenvalue weighted by atomic mass is 16.3. The number of aliphatic hydroxyl groups excluding tert-OH is 1. The van der Waals surface area contributed by atoms with Gasteiger partial charge in [0.15, 0.2) is 0 Å². The van der Waals surface area contributed by atoms with Gasteiger partial charge in [0.1, 0.15) is 0 Å². The largest absolute Gasteiger partial charge is 0.399 e. The third-order valence-electron chi connectivity index (χ3n) is 3.87. The summed E-state index contributed by atoms with van der Waals surface area (Å²) in [5, 5.41) is 9.21. The van der Waals surface area contributed by atoms with Crippen LogP contribution in [0, 0.1) is 5.92 Å². The standard InChI is InChI=1S/C15H23N3O2/c1-17(2)15(20)13-4-3-12(16)9-14(13)18-7-5-11(10-19)6-8-18/h3-4,9,11,19H,5-8,10,16H2,1-2H3. The summed E-state index contributed by atoms with van der Waals surface area (Å²) in [5.74, 6) is 0.365. The van der Waals surface area contributed by atoms with E-state index in [-0.39, 0.29) is 12.5 Å². The average molecular weight is 277 g/mol. The van der Waals surface area contributed by atoms with Gasteiger partial charge in [-0.05, 0) is 37.0 Å². The van der Waals surface area contributed by atoms with Gasteiger partial charge in [-0.25, -0.2) is 0 Å². The lowest BCUT2D eigenvalue weighted by molar-refractivity contribution is 0.0828. The molecule has 0 aliphatic carbocycles. The van der Waals surface area contributed by atoms with Crippen molar-refractivity contribution >= 4 is 17.3 Å². The summed E-state index contributed by atoms with van der Waals surface area (Å²) in [6.07, 6.45) is 1.89. The van der Waals surface area contributed by atoms with Crippen LogP contribution in [0.1, 0.15) is 23.2 Å². The predicted octanol–water partition coefficient (Wildman–Crippen LogP) is 1.18. The molecule has 1 aliphatic heterocycles. The van der Waals surface area contributed by atoms with Crippen molar-refractivity contribution in [3.63, 3.8) is 0 Å². The minimum Gasteiger partial charge on any atom is -0.399 e. The summed E-state index contributed by atoms with van der Waals surface area (Å²) in [5.41, 5.74) is 8.13. The molecule has 0 radical (unpaired) electrons. The maximum atomic E-state index is 12.3. The van der Waals surface area contributed by atoms with Crippen LogP contribution in [0.25, 0.3) is 0 Å². The van der Waals surface area contributed by atoms with Gasteiger partial charge >= 0.3 is 0 Å². The van der Waals surface area contributed by atoms with Gasteiger partial charge in [0.25, 0.3) is 5.91 Å². The molecule has 5 heteroatoms. The summed E-state index contributed by atoms with van der Waals surface area (Å²) in [4.78, 5) is 16.0. The fourth-order valence-corrected chi connectivity index (χ4v) is 2.59. The Morgan fingerprint density at radius 1 is 1.40 bits per heavy atom. The minimum atomic E-state index is -0.00992. The van der Waals surface area contributed by atoms with Crippen molar-refractivity contribution in [1.29, 1.82) is 0 Å². The number of carbonyl (C=O) groups excluding carboxylic acids is 1. The van der Waals surface area contributed by atoms with Crippen LogP contribution in [0.3, 0.4) is 0 Å². The number of nitrogens with two attached hydrogens (primary N) is 1. The van der Waals surface area contributed by atoms with E-state index in [4.69, 9.17) is 5.73 Å². The van der Waals surface area contributed by atoms with Gasteiger partial charge in [-0.1, -0.05) is 0 Å². The Morgan fingerprint density at radius 2 is 2.05 bits per heavy atom. The van der Waals surface area contributed by atoms with Gasteiger partial charge in [0.05, 0.1) is 11.3 Å². The fraction of sp³-hybridized carbons (Fsp3) is 0.533. The lowest BCUT2D eigenvalue weighted by atomic mass is 9.96. The Hall–Kier alpha value is -1.75. The van der Waals surface area contributed by atoms with Crippen molar-refractivity contribution in [1.82, 2.24) is 4.90 Å². The average Bonchev–Trinajstić information content (AvgIpc) is 2.46. The Kier molecular flexibility index (Phi) is 4.49. The smallest absolute Gasteiger partial charge is 0.255 e. The Bertz CT molecular complexity index is 480. The molecule has 2 rings (SSSR count). The van der Waals surface area contributed by atoms with Gasteiger partial charge in [-0.3, -0.25) is 4.79 Å². The van der Waals surface area contributed by atoms with E-state index in [1.807, 2.05) is 6.07 Å². The second-order valence-corrected chi connectivity index (χ2v) is 5.59. The van der Waals surface area contributed by atoms with E-state index in [9.17, 15) is 9.90 Å². The second-order valence-electron chi connectivity index (χ2n) is 5.59. The molecule has 110 valence electrons. The molecule has 20 heavy (non-hydrogen) atoms. The highest BCUT2D eigenvalue weighted by Crippen LogP contribution is 2.28. The highest BCUT2D eigenvalue weighted by molar-refractivity contribution is 6.00. The molecule has 3 N–H and O–H groups in total. The van der Waals surface area contributed by atoms with Crippen molar-refractivity contribution < 1.29 is 9.90 Å². The SMILES string of the molecule is CN(C)C(=O)c1ccc(N)cc1N1CCC(CO)CC1. The van der Waals surface area contributed by atoms with Crippen LogP contribution < -0.4 is 10.6 Å². The molecule has 5 nitrogen and oxygen atoms in total. The zero-order chi connectivity index (χ0) is 14.7. The molecule has 0 bridgehead atoms. The van der Waals surface area contributed by atoms with E-state index in [0.29, 0.717) is 17.2 Å². The first-order valence-corrected chi connectivity index (χ1v) is 7.00. The normalized spacial score (nSPS) is 16.2. The molecule has 0 unspecified atom stereocenters. The van der Waals surface area contributed by atoms with E-state index >= 15 is 0 Å². The quantitative estimate of drug-likeness (QED) is 0.814. The zero-order valence-corrected chi connectivity index (χ0v) is 12.2. The van der Waals surface area contributed by atoms with Gasteiger partial charge in [-0.15, -0.1) is 0 Å². The number of amides is 1. The van der Waals surface area contributed by atoms with Crippen LogP contribution in [0.4, 0.5) is 11.4 Å². The number of piperidine rings is 1. The first kappa shape index (κ1) is 14.7. The molecule has 1 saturated heterocycles. The van der Waals surface area contributed by atoms with E-state index in [1.165, 1.54) is 0 Å². The lowest BCUT2D eigenvalue weighted by Crippen LogP contribution is -2.36. The number of aliphatic hydroxyl groups is 1. The molecule has 1 aromatic carbocycles. The van der Waals surface area contributed by atoms with E-state index in [2.05, 4.69) is 4.90 Å². The van der Waals surface area contributed by atoms with Crippen molar-refractivity contribution in [3.05, 3.63) is 23.8 Å². The number of hydrogen-bond acceptors (Lipinski definition) is 4. The first-order valence-electron chi connectivity index (χ1n) is 7.00. The molecule has 0 saturated carbocycles. The number of anilines is 2. The molecule has 1 fully saturated rings. The fourth-order valence-electron chi connectivity index (χ4n) is 2.59. The summed E-state index contributed by atoms with van der Waals surface area (Å²) in [7, 11) is 3.50. The summed E-state index contributed by atoms with van der Waals surface area (Å²) in [6, 6.07) is 5.43. The molecular formula is C15H23N3O2. The Balaban J connectivity index is 2.26. The molecule has 1 amide bonds. The van der Waals surface area contributed by atoms with Crippen molar-refractivity contribution in [3.8, 4) is 0 Å². The van der Waals surface area contributed by atoms with Crippen LogP contribution in [-0.4, -0.2) is 49.7 Å². The number of nitrogen functional groups attached to an aromatic ring is 1. The topological polar surface area (TPSA) is 69.8 Å². The number of nitrogens with zero attached hydrogens (tertiary/aromatic N) is 2. The first-order chi connectivity index (χ1) is 9.52. The van der Waals surface area contributed by atoms with E-state index < -0.39 is 0 Å². The van der Waals surface area contributed by atoms with Gasteiger partial charge in [-0.2, -0.15) is 0 Å². The van der Waals surface area contributed by atoms with Gasteiger partial charge < -0.3 is 20.6 Å². The number of benzene rings is 1. The number of carbonyl (C=O) groups is 1. The van der Waals surface area contributed by atoms with Crippen LogP contribution in [-0.2, 0) is 0 Å². The van der Waals surface area contributed by atoms with Crippen LogP contribution in [0.5, 0.6) is 0 Å². The third kappa shape index (κ3) is 3.04. The minimum absolute atomic E-state index is 0.00992. The summed E-state index contributed by atoms with van der Waals surface area (Å²) in [6.45, 7) is 1.94. The lowest BCUT2D eigenvalue weighted by Gasteiger charge is -2.34. The maximum Gasteiger partial charge on any atom is 0.255 e. The van der Waals surface area contributed by atoms with E-state index in [0.717, 1.165) is 31.6 Å². The van der Waals surface area contributed by atoms with Crippen LogP contribution in [0.2, 0.25) is 0 Å². The monoisotopic (exact) mass is 277 g/mol. The van der Waals surface area contributed by atoms with E-state index in [1.54, 1.807) is 31.1 Å². The number of hydrogen-bond donors (Lipinski definition) is 2. The van der Waals surface area contributed by atoms with Crippen molar-refractivity contribution in [2.45, 2.75) is 12.8 Å². The van der Waals surface area contributed by atoms with Crippen molar-refractivity contribution in [2.75, 3.05) is 44.4 Å². The van der Waals surface area contributed by atoms with Crippen molar-refractivity contribution in [2.24, 2.45) is 5.92 Å². The van der Waals surface area contributed by atoms with Crippen LogP contribution in [0.15, 0.2) is 18.2 Å². The highest BCUT2D eigenvalue weighted by Gasteiger charge is 2.23.